The number of hydrogen-bond acceptors (Lipinski definition) is 5. The molecule has 0 aliphatic heterocycles. The molecular weight excluding hydrogens is 228 g/mol. The molecule has 0 saturated heterocycles. The van der Waals surface area contributed by atoms with Crippen LogP contribution in [0.2, 0.25) is 0 Å². The molecule has 2 N–H and O–H groups in total. The summed E-state index contributed by atoms with van der Waals surface area (Å²) in [5.74, 6) is 0. The highest BCUT2D eigenvalue weighted by Gasteiger charge is 2.03. The molecule has 2 rings (SSSR count). The summed E-state index contributed by atoms with van der Waals surface area (Å²) in [4.78, 5) is 12.6. The van der Waals surface area contributed by atoms with E-state index in [-0.39, 0.29) is 0 Å². The molecule has 0 atom stereocenters. The van der Waals surface area contributed by atoms with Crippen LogP contribution < -0.4 is 10.5 Å². The molecule has 0 fully saturated rings. The van der Waals surface area contributed by atoms with Crippen LogP contribution >= 0.6 is 0 Å². The molecule has 0 amide bonds. The van der Waals surface area contributed by atoms with Gasteiger partial charge in [-0.15, -0.1) is 0 Å². The second-order valence-electron chi connectivity index (χ2n) is 3.89. The number of ether oxygens (including phenoxy) is 1. The number of aryl methyl sites for hydroxylation is 1. The van der Waals surface area contributed by atoms with E-state index in [0.29, 0.717) is 19.2 Å². The van der Waals surface area contributed by atoms with Crippen LogP contribution in [0.5, 0.6) is 6.01 Å². The summed E-state index contributed by atoms with van der Waals surface area (Å²) in [5, 5.41) is 0. The molecule has 0 saturated carbocycles. The summed E-state index contributed by atoms with van der Waals surface area (Å²) >= 11 is 0. The van der Waals surface area contributed by atoms with Crippen LogP contribution in [-0.2, 0) is 13.0 Å². The van der Waals surface area contributed by atoms with Crippen molar-refractivity contribution in [2.24, 2.45) is 5.73 Å². The molecule has 5 nitrogen and oxygen atoms in total. The Morgan fingerprint density at radius 1 is 1.28 bits per heavy atom. The molecule has 0 aliphatic carbocycles. The van der Waals surface area contributed by atoms with Crippen molar-refractivity contribution in [2.75, 3.05) is 6.61 Å². The lowest BCUT2D eigenvalue weighted by molar-refractivity contribution is 0.294. The number of aromatic nitrogens is 3. The predicted molar refractivity (Wildman–Crippen MR) is 68.1 cm³/mol. The van der Waals surface area contributed by atoms with Gasteiger partial charge in [0.15, 0.2) is 0 Å². The molecule has 0 spiro atoms. The zero-order chi connectivity index (χ0) is 12.8. The van der Waals surface area contributed by atoms with Crippen LogP contribution in [0.3, 0.4) is 0 Å². The fourth-order valence-electron chi connectivity index (χ4n) is 1.53. The SMILES string of the molecule is Cc1nc(OCCc2ccccn2)ncc1CN. The molecule has 94 valence electrons. The van der Waals surface area contributed by atoms with Gasteiger partial charge in [0.2, 0.25) is 0 Å². The van der Waals surface area contributed by atoms with Gasteiger partial charge in [0, 0.05) is 42.3 Å². The van der Waals surface area contributed by atoms with E-state index in [1.54, 1.807) is 12.4 Å². The maximum atomic E-state index is 5.55. The van der Waals surface area contributed by atoms with Crippen LogP contribution in [0.4, 0.5) is 0 Å². The first-order valence-corrected chi connectivity index (χ1v) is 5.85. The van der Waals surface area contributed by atoms with Crippen molar-refractivity contribution in [1.29, 1.82) is 0 Å². The van der Waals surface area contributed by atoms with E-state index in [9.17, 15) is 0 Å². The first-order valence-electron chi connectivity index (χ1n) is 5.85. The number of pyridine rings is 1. The van der Waals surface area contributed by atoms with Crippen LogP contribution in [0.15, 0.2) is 30.6 Å². The normalized spacial score (nSPS) is 10.3. The maximum Gasteiger partial charge on any atom is 0.316 e. The monoisotopic (exact) mass is 244 g/mol. The van der Waals surface area contributed by atoms with E-state index in [2.05, 4.69) is 15.0 Å². The fraction of sp³-hybridized carbons (Fsp3) is 0.308. The highest BCUT2D eigenvalue weighted by atomic mass is 16.5. The van der Waals surface area contributed by atoms with Crippen molar-refractivity contribution in [3.05, 3.63) is 47.5 Å². The Bertz CT molecular complexity index is 502. The molecule has 5 heteroatoms. The third-order valence-electron chi connectivity index (χ3n) is 2.59. The van der Waals surface area contributed by atoms with Crippen molar-refractivity contribution >= 4 is 0 Å². The van der Waals surface area contributed by atoms with E-state index in [1.165, 1.54) is 0 Å². The minimum Gasteiger partial charge on any atom is -0.463 e. The van der Waals surface area contributed by atoms with Crippen LogP contribution in [-0.4, -0.2) is 21.6 Å². The number of rotatable bonds is 5. The second kappa shape index (κ2) is 6.07. The minimum atomic E-state index is 0.389. The zero-order valence-corrected chi connectivity index (χ0v) is 10.3. The third kappa shape index (κ3) is 3.24. The van der Waals surface area contributed by atoms with Gasteiger partial charge in [-0.05, 0) is 19.1 Å². The van der Waals surface area contributed by atoms with Crippen LogP contribution in [0, 0.1) is 6.92 Å². The average molecular weight is 244 g/mol. The van der Waals surface area contributed by atoms with Gasteiger partial charge in [-0.1, -0.05) is 6.07 Å². The molecule has 2 aromatic rings. The first-order chi connectivity index (χ1) is 8.79. The topological polar surface area (TPSA) is 73.9 Å². The van der Waals surface area contributed by atoms with Gasteiger partial charge >= 0.3 is 6.01 Å². The van der Waals surface area contributed by atoms with E-state index in [4.69, 9.17) is 10.5 Å². The van der Waals surface area contributed by atoms with E-state index in [1.807, 2.05) is 25.1 Å². The number of nitrogens with two attached hydrogens (primary N) is 1. The quantitative estimate of drug-likeness (QED) is 0.857. The molecule has 0 aliphatic rings. The van der Waals surface area contributed by atoms with Crippen molar-refractivity contribution in [1.82, 2.24) is 15.0 Å². The van der Waals surface area contributed by atoms with Crippen LogP contribution in [0.1, 0.15) is 17.0 Å². The molecule has 0 unspecified atom stereocenters. The largest absolute Gasteiger partial charge is 0.463 e. The van der Waals surface area contributed by atoms with E-state index >= 15 is 0 Å². The minimum absolute atomic E-state index is 0.389. The van der Waals surface area contributed by atoms with Gasteiger partial charge < -0.3 is 10.5 Å². The van der Waals surface area contributed by atoms with Gasteiger partial charge in [-0.2, -0.15) is 0 Å². The van der Waals surface area contributed by atoms with E-state index in [0.717, 1.165) is 23.4 Å². The molecular formula is C13H16N4O. The van der Waals surface area contributed by atoms with Crippen LogP contribution in [0.25, 0.3) is 0 Å². The molecule has 0 aromatic carbocycles. The van der Waals surface area contributed by atoms with Crippen molar-refractivity contribution in [3.8, 4) is 6.01 Å². The summed E-state index contributed by atoms with van der Waals surface area (Å²) in [7, 11) is 0. The zero-order valence-electron chi connectivity index (χ0n) is 10.3. The molecule has 2 heterocycles. The Morgan fingerprint density at radius 2 is 2.17 bits per heavy atom. The fourth-order valence-corrected chi connectivity index (χ4v) is 1.53. The highest BCUT2D eigenvalue weighted by molar-refractivity contribution is 5.17. The number of nitrogens with zero attached hydrogens (tertiary/aromatic N) is 3. The lowest BCUT2D eigenvalue weighted by atomic mass is 10.2. The lowest BCUT2D eigenvalue weighted by Crippen LogP contribution is -2.08. The van der Waals surface area contributed by atoms with Gasteiger partial charge in [0.25, 0.3) is 0 Å². The van der Waals surface area contributed by atoms with Gasteiger partial charge in [0.05, 0.1) is 6.61 Å². The molecule has 18 heavy (non-hydrogen) atoms. The summed E-state index contributed by atoms with van der Waals surface area (Å²) in [6.07, 6.45) is 4.21. The maximum absolute atomic E-state index is 5.55. The summed E-state index contributed by atoms with van der Waals surface area (Å²) < 4.78 is 5.49. The standard InChI is InChI=1S/C13H16N4O/c1-10-11(8-14)9-16-13(17-10)18-7-5-12-4-2-3-6-15-12/h2-4,6,9H,5,7-8,14H2,1H3. The van der Waals surface area contributed by atoms with E-state index < -0.39 is 0 Å². The highest BCUT2D eigenvalue weighted by Crippen LogP contribution is 2.08. The molecule has 0 radical (unpaired) electrons. The lowest BCUT2D eigenvalue weighted by Gasteiger charge is -2.06. The van der Waals surface area contributed by atoms with Gasteiger partial charge in [-0.25, -0.2) is 9.97 Å². The second-order valence-corrected chi connectivity index (χ2v) is 3.89. The number of hydrogen-bond donors (Lipinski definition) is 1. The summed E-state index contributed by atoms with van der Waals surface area (Å²) in [5.41, 5.74) is 8.34. The summed E-state index contributed by atoms with van der Waals surface area (Å²) in [6.45, 7) is 2.86. The van der Waals surface area contributed by atoms with Gasteiger partial charge in [0.1, 0.15) is 0 Å². The average Bonchev–Trinajstić information content (AvgIpc) is 2.40. The van der Waals surface area contributed by atoms with Gasteiger partial charge in [-0.3, -0.25) is 4.98 Å². The Hall–Kier alpha value is -2.01. The Kier molecular flexibility index (Phi) is 4.20. The predicted octanol–water partition coefficient (Wildman–Crippen LogP) is 1.26. The van der Waals surface area contributed by atoms with Crippen molar-refractivity contribution in [2.45, 2.75) is 19.9 Å². The summed E-state index contributed by atoms with van der Waals surface area (Å²) in [6, 6.07) is 6.20. The Balaban J connectivity index is 1.89. The Labute approximate surface area is 106 Å². The molecule has 0 bridgehead atoms. The smallest absolute Gasteiger partial charge is 0.316 e. The third-order valence-corrected chi connectivity index (χ3v) is 2.59. The first kappa shape index (κ1) is 12.4. The van der Waals surface area contributed by atoms with Crippen molar-refractivity contribution < 1.29 is 4.74 Å². The Morgan fingerprint density at radius 3 is 2.83 bits per heavy atom. The molecule has 2 aromatic heterocycles. The van der Waals surface area contributed by atoms with Crippen molar-refractivity contribution in [3.63, 3.8) is 0 Å².